The molecule has 1 aliphatic rings. The normalized spacial score (nSPS) is 14.5. The molecular formula is C26H29N3O5S. The molecule has 2 heterocycles. The maximum atomic E-state index is 12.7. The molecule has 184 valence electrons. The number of carbonyl (C=O) groups excluding carboxylic acids is 1. The minimum absolute atomic E-state index is 0.153. The third kappa shape index (κ3) is 6.45. The summed E-state index contributed by atoms with van der Waals surface area (Å²) in [4.78, 5) is 16.9. The smallest absolute Gasteiger partial charge is 0.243 e. The van der Waals surface area contributed by atoms with E-state index in [1.54, 1.807) is 42.6 Å². The fraction of sp³-hybridized carbons (Fsp3) is 0.308. The van der Waals surface area contributed by atoms with Crippen LogP contribution < -0.4 is 10.1 Å². The van der Waals surface area contributed by atoms with Gasteiger partial charge in [0.25, 0.3) is 0 Å². The number of morpholine rings is 1. The monoisotopic (exact) mass is 495 g/mol. The van der Waals surface area contributed by atoms with Crippen molar-refractivity contribution in [1.82, 2.24) is 9.29 Å². The van der Waals surface area contributed by atoms with E-state index in [0.717, 1.165) is 11.1 Å². The number of amides is 1. The summed E-state index contributed by atoms with van der Waals surface area (Å²) in [6, 6.07) is 16.0. The number of nitrogens with zero attached hydrogens (tertiary/aromatic N) is 2. The minimum atomic E-state index is -3.52. The van der Waals surface area contributed by atoms with E-state index in [-0.39, 0.29) is 17.2 Å². The summed E-state index contributed by atoms with van der Waals surface area (Å²) < 4.78 is 37.9. The Kier molecular flexibility index (Phi) is 7.80. The van der Waals surface area contributed by atoms with Crippen LogP contribution in [0.5, 0.6) is 11.6 Å². The zero-order chi connectivity index (χ0) is 24.8. The summed E-state index contributed by atoms with van der Waals surface area (Å²) in [5.41, 5.74) is 3.79. The number of rotatable bonds is 8. The van der Waals surface area contributed by atoms with Gasteiger partial charge in [-0.3, -0.25) is 4.79 Å². The summed E-state index contributed by atoms with van der Waals surface area (Å²) >= 11 is 0. The van der Waals surface area contributed by atoms with E-state index < -0.39 is 10.0 Å². The zero-order valence-electron chi connectivity index (χ0n) is 19.9. The number of hydrogen-bond acceptors (Lipinski definition) is 6. The quantitative estimate of drug-likeness (QED) is 0.506. The van der Waals surface area contributed by atoms with Crippen molar-refractivity contribution < 1.29 is 22.7 Å². The standard InChI is InChI=1S/C26H29N3O5S/c1-19-3-8-23(17-20(19)2)34-26-12-7-22(18-27-26)28-25(30)11-6-21-4-9-24(10-5-21)35(31,32)29-13-15-33-16-14-29/h3-5,7-10,12,17-18H,6,11,13-16H2,1-2H3,(H,28,30). The molecule has 3 aromatic rings. The number of sulfonamides is 1. The molecule has 0 saturated carbocycles. The molecule has 35 heavy (non-hydrogen) atoms. The molecule has 9 heteroatoms. The summed E-state index contributed by atoms with van der Waals surface area (Å²) in [7, 11) is -3.52. The van der Waals surface area contributed by atoms with Crippen LogP contribution in [0.15, 0.2) is 65.7 Å². The van der Waals surface area contributed by atoms with Crippen molar-refractivity contribution in [2.24, 2.45) is 0 Å². The summed E-state index contributed by atoms with van der Waals surface area (Å²) in [5.74, 6) is 0.999. The number of hydrogen-bond donors (Lipinski definition) is 1. The van der Waals surface area contributed by atoms with Gasteiger partial charge in [0.2, 0.25) is 21.8 Å². The van der Waals surface area contributed by atoms with Crippen molar-refractivity contribution in [2.45, 2.75) is 31.6 Å². The van der Waals surface area contributed by atoms with Crippen molar-refractivity contribution >= 4 is 21.6 Å². The molecule has 0 atom stereocenters. The first-order chi connectivity index (χ1) is 16.8. The topological polar surface area (TPSA) is 97.8 Å². The molecule has 0 aliphatic carbocycles. The summed E-state index contributed by atoms with van der Waals surface area (Å²) in [5, 5.41) is 2.83. The predicted molar refractivity (Wildman–Crippen MR) is 133 cm³/mol. The maximum absolute atomic E-state index is 12.7. The van der Waals surface area contributed by atoms with Gasteiger partial charge in [-0.15, -0.1) is 0 Å². The van der Waals surface area contributed by atoms with Gasteiger partial charge in [0.1, 0.15) is 5.75 Å². The van der Waals surface area contributed by atoms with Crippen LogP contribution in [-0.2, 0) is 26.0 Å². The van der Waals surface area contributed by atoms with Gasteiger partial charge in [-0.05, 0) is 67.3 Å². The molecule has 0 unspecified atom stereocenters. The molecule has 1 aromatic heterocycles. The molecule has 4 rings (SSSR count). The maximum Gasteiger partial charge on any atom is 0.243 e. The first kappa shape index (κ1) is 24.8. The van der Waals surface area contributed by atoms with Crippen LogP contribution in [0, 0.1) is 13.8 Å². The van der Waals surface area contributed by atoms with Gasteiger partial charge in [0, 0.05) is 25.6 Å². The molecule has 0 radical (unpaired) electrons. The second kappa shape index (κ2) is 11.0. The van der Waals surface area contributed by atoms with E-state index in [1.807, 2.05) is 32.0 Å². The van der Waals surface area contributed by atoms with Crippen molar-refractivity contribution in [3.05, 3.63) is 77.5 Å². The number of nitrogens with one attached hydrogen (secondary N) is 1. The van der Waals surface area contributed by atoms with E-state index in [0.29, 0.717) is 50.0 Å². The van der Waals surface area contributed by atoms with Crippen LogP contribution in [0.25, 0.3) is 0 Å². The lowest BCUT2D eigenvalue weighted by Gasteiger charge is -2.26. The van der Waals surface area contributed by atoms with Crippen LogP contribution in [0.4, 0.5) is 5.69 Å². The van der Waals surface area contributed by atoms with Crippen LogP contribution in [0.1, 0.15) is 23.1 Å². The first-order valence-corrected chi connectivity index (χ1v) is 12.9. The molecule has 1 aliphatic heterocycles. The lowest BCUT2D eigenvalue weighted by atomic mass is 10.1. The fourth-order valence-electron chi connectivity index (χ4n) is 3.66. The molecule has 1 saturated heterocycles. The highest BCUT2D eigenvalue weighted by Gasteiger charge is 2.26. The van der Waals surface area contributed by atoms with Crippen LogP contribution in [0.3, 0.4) is 0 Å². The molecule has 2 aromatic carbocycles. The largest absolute Gasteiger partial charge is 0.439 e. The lowest BCUT2D eigenvalue weighted by Crippen LogP contribution is -2.40. The second-order valence-electron chi connectivity index (χ2n) is 8.44. The minimum Gasteiger partial charge on any atom is -0.439 e. The lowest BCUT2D eigenvalue weighted by molar-refractivity contribution is -0.116. The second-order valence-corrected chi connectivity index (χ2v) is 10.4. The predicted octanol–water partition coefficient (Wildman–Crippen LogP) is 4.08. The van der Waals surface area contributed by atoms with E-state index >= 15 is 0 Å². The van der Waals surface area contributed by atoms with Crippen molar-refractivity contribution in [1.29, 1.82) is 0 Å². The van der Waals surface area contributed by atoms with Crippen LogP contribution >= 0.6 is 0 Å². The van der Waals surface area contributed by atoms with Gasteiger partial charge in [-0.2, -0.15) is 4.31 Å². The number of carbonyl (C=O) groups is 1. The average Bonchev–Trinajstić information content (AvgIpc) is 2.87. The van der Waals surface area contributed by atoms with E-state index in [2.05, 4.69) is 10.3 Å². The highest BCUT2D eigenvalue weighted by molar-refractivity contribution is 7.89. The number of pyridine rings is 1. The van der Waals surface area contributed by atoms with Gasteiger partial charge in [-0.1, -0.05) is 18.2 Å². The van der Waals surface area contributed by atoms with Crippen LogP contribution in [-0.4, -0.2) is 49.9 Å². The third-order valence-electron chi connectivity index (χ3n) is 5.89. The first-order valence-electron chi connectivity index (χ1n) is 11.5. The Morgan fingerprint density at radius 1 is 1.03 bits per heavy atom. The van der Waals surface area contributed by atoms with Crippen LogP contribution in [0.2, 0.25) is 0 Å². The fourth-order valence-corrected chi connectivity index (χ4v) is 5.07. The average molecular weight is 496 g/mol. The van der Waals surface area contributed by atoms with Gasteiger partial charge < -0.3 is 14.8 Å². The third-order valence-corrected chi connectivity index (χ3v) is 7.81. The van der Waals surface area contributed by atoms with Crippen molar-refractivity contribution in [3.8, 4) is 11.6 Å². The van der Waals surface area contributed by atoms with E-state index in [4.69, 9.17) is 9.47 Å². The molecular weight excluding hydrogens is 466 g/mol. The Morgan fingerprint density at radius 3 is 2.43 bits per heavy atom. The molecule has 0 bridgehead atoms. The number of anilines is 1. The SMILES string of the molecule is Cc1ccc(Oc2ccc(NC(=O)CCc3ccc(S(=O)(=O)N4CCOCC4)cc3)cn2)cc1C. The Hall–Kier alpha value is -3.27. The van der Waals surface area contributed by atoms with Gasteiger partial charge in [-0.25, -0.2) is 13.4 Å². The highest BCUT2D eigenvalue weighted by Crippen LogP contribution is 2.23. The Balaban J connectivity index is 1.27. The van der Waals surface area contributed by atoms with Crippen molar-refractivity contribution in [2.75, 3.05) is 31.6 Å². The molecule has 1 fully saturated rings. The number of ether oxygens (including phenoxy) is 2. The number of aromatic nitrogens is 1. The summed E-state index contributed by atoms with van der Waals surface area (Å²) in [6.45, 7) is 5.60. The van der Waals surface area contributed by atoms with Gasteiger partial charge in [0.05, 0.1) is 30.0 Å². The molecule has 1 N–H and O–H groups in total. The Bertz CT molecular complexity index is 1270. The molecule has 1 amide bonds. The zero-order valence-corrected chi connectivity index (χ0v) is 20.7. The highest BCUT2D eigenvalue weighted by atomic mass is 32.2. The Labute approximate surface area is 206 Å². The van der Waals surface area contributed by atoms with Crippen molar-refractivity contribution in [3.63, 3.8) is 0 Å². The number of aryl methyl sites for hydroxylation is 3. The Morgan fingerprint density at radius 2 is 1.77 bits per heavy atom. The van der Waals surface area contributed by atoms with E-state index in [1.165, 1.54) is 9.87 Å². The van der Waals surface area contributed by atoms with Gasteiger partial charge in [0.15, 0.2) is 0 Å². The molecule has 8 nitrogen and oxygen atoms in total. The van der Waals surface area contributed by atoms with Gasteiger partial charge >= 0.3 is 0 Å². The summed E-state index contributed by atoms with van der Waals surface area (Å²) in [6.07, 6.45) is 2.31. The molecule has 0 spiro atoms. The van der Waals surface area contributed by atoms with E-state index in [9.17, 15) is 13.2 Å². The number of benzene rings is 2.